The van der Waals surface area contributed by atoms with Gasteiger partial charge >= 0.3 is 0 Å². The first-order valence-corrected chi connectivity index (χ1v) is 6.98. The lowest BCUT2D eigenvalue weighted by Gasteiger charge is -2.11. The number of hydrogen-bond donors (Lipinski definition) is 2. The Morgan fingerprint density at radius 1 is 1.23 bits per heavy atom. The highest BCUT2D eigenvalue weighted by atomic mass is 127. The predicted molar refractivity (Wildman–Crippen MR) is 99.1 cm³/mol. The maximum absolute atomic E-state index is 13.5. The van der Waals surface area contributed by atoms with Crippen LogP contribution in [0.4, 0.5) is 4.39 Å². The molecular formula is C16H22FIN4. The number of guanidine groups is 1. The first kappa shape index (κ1) is 18.5. The number of halogens is 2. The quantitative estimate of drug-likeness (QED) is 0.447. The molecule has 0 saturated heterocycles. The number of hydrogen-bond acceptors (Lipinski definition) is 1. The number of rotatable bonds is 5. The molecule has 1 aromatic heterocycles. The molecular weight excluding hydrogens is 394 g/mol. The van der Waals surface area contributed by atoms with Crippen LogP contribution in [0.2, 0.25) is 0 Å². The van der Waals surface area contributed by atoms with Crippen molar-refractivity contribution in [3.05, 3.63) is 59.7 Å². The highest BCUT2D eigenvalue weighted by Crippen LogP contribution is 2.06. The summed E-state index contributed by atoms with van der Waals surface area (Å²) in [5.74, 6) is 0.557. The number of aryl methyl sites for hydroxylation is 1. The topological polar surface area (TPSA) is 41.4 Å². The molecule has 2 aromatic rings. The fourth-order valence-corrected chi connectivity index (χ4v) is 2.09. The van der Waals surface area contributed by atoms with Crippen LogP contribution >= 0.6 is 24.0 Å². The Morgan fingerprint density at radius 2 is 2.00 bits per heavy atom. The summed E-state index contributed by atoms with van der Waals surface area (Å²) in [6.45, 7) is 1.34. The van der Waals surface area contributed by atoms with E-state index in [2.05, 4.69) is 27.9 Å². The molecule has 0 unspecified atom stereocenters. The lowest BCUT2D eigenvalue weighted by molar-refractivity contribution is 0.606. The lowest BCUT2D eigenvalue weighted by atomic mass is 10.1. The van der Waals surface area contributed by atoms with E-state index in [0.717, 1.165) is 5.96 Å². The fraction of sp³-hybridized carbons (Fsp3) is 0.312. The summed E-state index contributed by atoms with van der Waals surface area (Å²) in [6.07, 6.45) is 4.68. The maximum atomic E-state index is 13.5. The van der Waals surface area contributed by atoms with Crippen LogP contribution in [0.3, 0.4) is 0 Å². The molecule has 22 heavy (non-hydrogen) atoms. The zero-order valence-corrected chi connectivity index (χ0v) is 15.2. The van der Waals surface area contributed by atoms with Gasteiger partial charge in [0.05, 0.1) is 0 Å². The molecule has 0 radical (unpaired) electrons. The van der Waals surface area contributed by atoms with E-state index in [1.165, 1.54) is 11.6 Å². The van der Waals surface area contributed by atoms with E-state index in [1.807, 2.05) is 23.9 Å². The highest BCUT2D eigenvalue weighted by Gasteiger charge is 2.02. The number of aliphatic imine (C=N–C) groups is 1. The molecule has 2 N–H and O–H groups in total. The average Bonchev–Trinajstić information content (AvgIpc) is 2.90. The van der Waals surface area contributed by atoms with Crippen molar-refractivity contribution in [1.29, 1.82) is 0 Å². The molecule has 6 heteroatoms. The minimum atomic E-state index is -0.161. The SMILES string of the molecule is CN=C(NCCc1ccccc1F)NCc1ccn(C)c1.I. The molecule has 0 aliphatic rings. The van der Waals surface area contributed by atoms with Gasteiger partial charge in [0.1, 0.15) is 5.82 Å². The molecule has 0 atom stereocenters. The van der Waals surface area contributed by atoms with Crippen LogP contribution in [0.15, 0.2) is 47.7 Å². The van der Waals surface area contributed by atoms with E-state index in [9.17, 15) is 4.39 Å². The minimum absolute atomic E-state index is 0. The zero-order valence-electron chi connectivity index (χ0n) is 12.8. The first-order valence-electron chi connectivity index (χ1n) is 6.98. The monoisotopic (exact) mass is 416 g/mol. The van der Waals surface area contributed by atoms with Crippen LogP contribution in [0.5, 0.6) is 0 Å². The third-order valence-corrected chi connectivity index (χ3v) is 3.22. The zero-order chi connectivity index (χ0) is 15.1. The molecule has 1 heterocycles. The third-order valence-electron chi connectivity index (χ3n) is 3.22. The van der Waals surface area contributed by atoms with Crippen molar-refractivity contribution >= 4 is 29.9 Å². The van der Waals surface area contributed by atoms with E-state index in [-0.39, 0.29) is 29.8 Å². The van der Waals surface area contributed by atoms with Crippen molar-refractivity contribution in [1.82, 2.24) is 15.2 Å². The summed E-state index contributed by atoms with van der Waals surface area (Å²) >= 11 is 0. The molecule has 0 fully saturated rings. The average molecular weight is 416 g/mol. The Hall–Kier alpha value is -1.57. The number of aromatic nitrogens is 1. The van der Waals surface area contributed by atoms with Crippen molar-refractivity contribution in [2.75, 3.05) is 13.6 Å². The van der Waals surface area contributed by atoms with Gasteiger partial charge in [0, 0.05) is 39.6 Å². The summed E-state index contributed by atoms with van der Waals surface area (Å²) < 4.78 is 15.5. The number of benzene rings is 1. The Morgan fingerprint density at radius 3 is 2.64 bits per heavy atom. The number of nitrogens with zero attached hydrogens (tertiary/aromatic N) is 2. The molecule has 4 nitrogen and oxygen atoms in total. The van der Waals surface area contributed by atoms with E-state index >= 15 is 0 Å². The minimum Gasteiger partial charge on any atom is -0.357 e. The van der Waals surface area contributed by atoms with Crippen LogP contribution in [-0.4, -0.2) is 24.1 Å². The summed E-state index contributed by atoms with van der Waals surface area (Å²) in [6, 6.07) is 8.89. The Balaban J connectivity index is 0.00000242. The maximum Gasteiger partial charge on any atom is 0.191 e. The van der Waals surface area contributed by atoms with Gasteiger partial charge in [-0.1, -0.05) is 18.2 Å². The van der Waals surface area contributed by atoms with E-state index in [4.69, 9.17) is 0 Å². The van der Waals surface area contributed by atoms with Crippen LogP contribution < -0.4 is 10.6 Å². The second-order valence-corrected chi connectivity index (χ2v) is 4.88. The predicted octanol–water partition coefficient (Wildman–Crippen LogP) is 2.69. The van der Waals surface area contributed by atoms with Crippen molar-refractivity contribution in [2.24, 2.45) is 12.0 Å². The summed E-state index contributed by atoms with van der Waals surface area (Å²) in [7, 11) is 3.72. The molecule has 0 spiro atoms. The number of nitrogens with one attached hydrogen (secondary N) is 2. The largest absolute Gasteiger partial charge is 0.357 e. The molecule has 0 bridgehead atoms. The third kappa shape index (κ3) is 5.67. The van der Waals surface area contributed by atoms with Crippen molar-refractivity contribution in [3.63, 3.8) is 0 Å². The Kier molecular flexibility index (Phi) is 7.94. The molecule has 2 rings (SSSR count). The van der Waals surface area contributed by atoms with Crippen molar-refractivity contribution < 1.29 is 4.39 Å². The van der Waals surface area contributed by atoms with Crippen LogP contribution in [0.25, 0.3) is 0 Å². The van der Waals surface area contributed by atoms with Gasteiger partial charge in [-0.3, -0.25) is 4.99 Å². The summed E-state index contributed by atoms with van der Waals surface area (Å²) in [5, 5.41) is 6.42. The van der Waals surface area contributed by atoms with Crippen LogP contribution in [-0.2, 0) is 20.0 Å². The molecule has 0 aliphatic carbocycles. The van der Waals surface area contributed by atoms with Gasteiger partial charge < -0.3 is 15.2 Å². The van der Waals surface area contributed by atoms with Gasteiger partial charge in [-0.15, -0.1) is 24.0 Å². The van der Waals surface area contributed by atoms with Gasteiger partial charge in [-0.25, -0.2) is 4.39 Å². The second kappa shape index (κ2) is 9.45. The van der Waals surface area contributed by atoms with Crippen molar-refractivity contribution in [3.8, 4) is 0 Å². The summed E-state index contributed by atoms with van der Waals surface area (Å²) in [5.41, 5.74) is 1.90. The molecule has 0 aliphatic heterocycles. The van der Waals surface area contributed by atoms with E-state index < -0.39 is 0 Å². The smallest absolute Gasteiger partial charge is 0.191 e. The Bertz CT molecular complexity index is 610. The van der Waals surface area contributed by atoms with Gasteiger partial charge in [-0.2, -0.15) is 0 Å². The van der Waals surface area contributed by atoms with E-state index in [0.29, 0.717) is 25.1 Å². The first-order chi connectivity index (χ1) is 10.2. The normalized spacial score (nSPS) is 11.0. The van der Waals surface area contributed by atoms with Crippen LogP contribution in [0, 0.1) is 5.82 Å². The molecule has 1 aromatic carbocycles. The van der Waals surface area contributed by atoms with E-state index in [1.54, 1.807) is 19.2 Å². The second-order valence-electron chi connectivity index (χ2n) is 4.88. The van der Waals surface area contributed by atoms with Crippen molar-refractivity contribution in [2.45, 2.75) is 13.0 Å². The van der Waals surface area contributed by atoms with Crippen LogP contribution in [0.1, 0.15) is 11.1 Å². The lowest BCUT2D eigenvalue weighted by Crippen LogP contribution is -2.37. The fourth-order valence-electron chi connectivity index (χ4n) is 2.09. The van der Waals surface area contributed by atoms with Gasteiger partial charge in [0.25, 0.3) is 0 Å². The van der Waals surface area contributed by atoms with Gasteiger partial charge in [-0.05, 0) is 29.7 Å². The molecule has 120 valence electrons. The Labute approximate surface area is 147 Å². The van der Waals surface area contributed by atoms with Gasteiger partial charge in [0.2, 0.25) is 0 Å². The highest BCUT2D eigenvalue weighted by molar-refractivity contribution is 14.0. The molecule has 0 saturated carbocycles. The standard InChI is InChI=1S/C16H21FN4.HI/c1-18-16(20-11-13-8-10-21(2)12-13)19-9-7-14-5-3-4-6-15(14)17;/h3-6,8,10,12H,7,9,11H2,1-2H3,(H2,18,19,20);1H. The molecule has 0 amide bonds. The summed E-state index contributed by atoms with van der Waals surface area (Å²) in [4.78, 5) is 4.16. The van der Waals surface area contributed by atoms with Gasteiger partial charge in [0.15, 0.2) is 5.96 Å².